The average Bonchev–Trinajstić information content (AvgIpc) is 3.48. The molecule has 42 heavy (non-hydrogen) atoms. The number of piperazine rings is 1. The Labute approximate surface area is 242 Å². The van der Waals surface area contributed by atoms with Crippen molar-refractivity contribution in [2.24, 2.45) is 0 Å². The van der Waals surface area contributed by atoms with Gasteiger partial charge in [0.05, 0.1) is 10.4 Å². The van der Waals surface area contributed by atoms with E-state index in [9.17, 15) is 14.9 Å². The number of tetrazole rings is 1. The quantitative estimate of drug-likeness (QED) is 0.220. The number of hydrogen-bond donors (Lipinski definition) is 1. The van der Waals surface area contributed by atoms with Crippen molar-refractivity contribution in [3.05, 3.63) is 121 Å². The molecular weight excluding hydrogens is 532 g/mol. The van der Waals surface area contributed by atoms with Gasteiger partial charge in [-0.3, -0.25) is 19.8 Å². The Bertz CT molecular complexity index is 1770. The summed E-state index contributed by atoms with van der Waals surface area (Å²) in [5.74, 6) is 0.630. The van der Waals surface area contributed by atoms with Crippen molar-refractivity contribution in [3.63, 3.8) is 0 Å². The summed E-state index contributed by atoms with van der Waals surface area (Å²) in [5.41, 5.74) is 5.57. The number of nitrogens with one attached hydrogen (secondary N) is 1. The molecule has 0 unspecified atom stereocenters. The second-order valence-corrected chi connectivity index (χ2v) is 10.7. The first-order valence-corrected chi connectivity index (χ1v) is 14.1. The molecule has 0 radical (unpaired) electrons. The predicted molar refractivity (Wildman–Crippen MR) is 161 cm³/mol. The van der Waals surface area contributed by atoms with E-state index in [0.29, 0.717) is 44.1 Å². The number of nitro benzene ring substituents is 1. The van der Waals surface area contributed by atoms with Crippen LogP contribution in [0.4, 0.5) is 11.4 Å². The minimum absolute atomic E-state index is 0.0702. The number of anilines is 1. The molecule has 3 aromatic carbocycles. The zero-order valence-electron chi connectivity index (χ0n) is 23.6. The van der Waals surface area contributed by atoms with Gasteiger partial charge in [0.25, 0.3) is 11.2 Å². The van der Waals surface area contributed by atoms with Crippen LogP contribution in [0.15, 0.2) is 77.6 Å². The molecule has 1 saturated heterocycles. The topological polar surface area (TPSA) is 126 Å². The number of aryl methyl sites for hydroxylation is 4. The van der Waals surface area contributed by atoms with Gasteiger partial charge in [-0.05, 0) is 65.6 Å². The molecule has 11 heteroatoms. The molecule has 1 atom stereocenters. The van der Waals surface area contributed by atoms with Crippen LogP contribution in [0.2, 0.25) is 0 Å². The molecule has 0 bridgehead atoms. The number of non-ortho nitro benzene ring substituents is 1. The van der Waals surface area contributed by atoms with Crippen molar-refractivity contribution in [1.29, 1.82) is 0 Å². The van der Waals surface area contributed by atoms with Crippen LogP contribution in [0.1, 0.15) is 34.1 Å². The smallest absolute Gasteiger partial charge is 0.269 e. The van der Waals surface area contributed by atoms with E-state index in [1.165, 1.54) is 17.7 Å². The van der Waals surface area contributed by atoms with Gasteiger partial charge < -0.3 is 9.88 Å². The number of H-pyrrole nitrogens is 1. The highest BCUT2D eigenvalue weighted by molar-refractivity contribution is 5.85. The van der Waals surface area contributed by atoms with Gasteiger partial charge in [-0.25, -0.2) is 4.68 Å². The van der Waals surface area contributed by atoms with Crippen LogP contribution in [0.5, 0.6) is 0 Å². The van der Waals surface area contributed by atoms with Gasteiger partial charge in [0.2, 0.25) is 0 Å². The Hall–Kier alpha value is -4.90. The fourth-order valence-corrected chi connectivity index (χ4v) is 5.76. The number of aromatic nitrogens is 5. The predicted octanol–water partition coefficient (Wildman–Crippen LogP) is 4.19. The Morgan fingerprint density at radius 2 is 1.67 bits per heavy atom. The lowest BCUT2D eigenvalue weighted by molar-refractivity contribution is -0.384. The van der Waals surface area contributed by atoms with Gasteiger partial charge in [0.15, 0.2) is 5.82 Å². The van der Waals surface area contributed by atoms with Gasteiger partial charge in [-0.2, -0.15) is 0 Å². The minimum atomic E-state index is -0.456. The molecule has 1 aliphatic heterocycles. The summed E-state index contributed by atoms with van der Waals surface area (Å²) in [6.07, 6.45) is 0.756. The number of pyridine rings is 1. The summed E-state index contributed by atoms with van der Waals surface area (Å²) < 4.78 is 1.81. The molecule has 1 N–H and O–H groups in total. The fraction of sp³-hybridized carbons (Fsp3) is 0.290. The number of nitrogens with zero attached hydrogens (tertiary/aromatic N) is 7. The second kappa shape index (κ2) is 11.5. The van der Waals surface area contributed by atoms with E-state index < -0.39 is 11.0 Å². The van der Waals surface area contributed by atoms with Gasteiger partial charge in [0, 0.05) is 61.5 Å². The SMILES string of the molecule is Cc1ccc(C)c2[nH]c(=O)c([C@@H](c3nnnn3CCc3ccccc3)N3CCN(c4ccc([N+](=O)[O-])cc4)CC3)cc12. The van der Waals surface area contributed by atoms with Crippen LogP contribution in [0, 0.1) is 24.0 Å². The molecule has 0 aliphatic carbocycles. The van der Waals surface area contributed by atoms with Gasteiger partial charge >= 0.3 is 0 Å². The normalized spacial score (nSPS) is 14.8. The maximum Gasteiger partial charge on any atom is 0.269 e. The molecule has 3 heterocycles. The van der Waals surface area contributed by atoms with E-state index in [0.717, 1.165) is 34.1 Å². The van der Waals surface area contributed by atoms with Crippen molar-refractivity contribution in [1.82, 2.24) is 30.1 Å². The summed E-state index contributed by atoms with van der Waals surface area (Å²) in [6.45, 7) is 7.29. The number of nitro groups is 1. The molecule has 1 aliphatic rings. The summed E-state index contributed by atoms with van der Waals surface area (Å²) >= 11 is 0. The van der Waals surface area contributed by atoms with Crippen LogP contribution < -0.4 is 10.5 Å². The second-order valence-electron chi connectivity index (χ2n) is 10.7. The largest absolute Gasteiger partial charge is 0.369 e. The summed E-state index contributed by atoms with van der Waals surface area (Å²) in [4.78, 5) is 32.0. The third kappa shape index (κ3) is 5.38. The molecule has 0 saturated carbocycles. The minimum Gasteiger partial charge on any atom is -0.369 e. The molecule has 6 rings (SSSR count). The Balaban J connectivity index is 1.35. The van der Waals surface area contributed by atoms with Gasteiger partial charge in [-0.15, -0.1) is 5.10 Å². The van der Waals surface area contributed by atoms with Crippen molar-refractivity contribution in [2.75, 3.05) is 31.1 Å². The third-order valence-electron chi connectivity index (χ3n) is 8.13. The highest BCUT2D eigenvalue weighted by Crippen LogP contribution is 2.30. The monoisotopic (exact) mass is 564 g/mol. The first-order valence-electron chi connectivity index (χ1n) is 14.1. The van der Waals surface area contributed by atoms with E-state index in [4.69, 9.17) is 0 Å². The van der Waals surface area contributed by atoms with E-state index in [1.54, 1.807) is 12.1 Å². The molecule has 5 aromatic rings. The van der Waals surface area contributed by atoms with Crippen molar-refractivity contribution < 1.29 is 4.92 Å². The van der Waals surface area contributed by atoms with Crippen molar-refractivity contribution >= 4 is 22.3 Å². The number of hydrogen-bond acceptors (Lipinski definition) is 8. The zero-order chi connectivity index (χ0) is 29.2. The van der Waals surface area contributed by atoms with E-state index in [1.807, 2.05) is 48.9 Å². The van der Waals surface area contributed by atoms with E-state index >= 15 is 0 Å². The Morgan fingerprint density at radius 1 is 0.952 bits per heavy atom. The lowest BCUT2D eigenvalue weighted by Gasteiger charge is -2.39. The summed E-state index contributed by atoms with van der Waals surface area (Å²) in [6, 6.07) is 22.5. The lowest BCUT2D eigenvalue weighted by atomic mass is 9.99. The molecule has 0 spiro atoms. The molecule has 11 nitrogen and oxygen atoms in total. The zero-order valence-corrected chi connectivity index (χ0v) is 23.6. The van der Waals surface area contributed by atoms with Crippen LogP contribution in [-0.4, -0.2) is 61.2 Å². The van der Waals surface area contributed by atoms with Gasteiger partial charge in [-0.1, -0.05) is 42.5 Å². The molecule has 214 valence electrons. The Kier molecular flexibility index (Phi) is 7.49. The number of aromatic amines is 1. The third-order valence-corrected chi connectivity index (χ3v) is 8.13. The van der Waals surface area contributed by atoms with Crippen LogP contribution in [0.25, 0.3) is 10.9 Å². The molecule has 1 fully saturated rings. The highest BCUT2D eigenvalue weighted by Gasteiger charge is 2.33. The van der Waals surface area contributed by atoms with Crippen molar-refractivity contribution in [2.45, 2.75) is 32.9 Å². The number of fused-ring (bicyclic) bond motifs is 1. The number of benzene rings is 3. The lowest BCUT2D eigenvalue weighted by Crippen LogP contribution is -2.49. The highest BCUT2D eigenvalue weighted by atomic mass is 16.6. The first kappa shape index (κ1) is 27.3. The summed E-state index contributed by atoms with van der Waals surface area (Å²) in [7, 11) is 0. The van der Waals surface area contributed by atoms with Crippen LogP contribution in [-0.2, 0) is 13.0 Å². The molecule has 0 amide bonds. The maximum atomic E-state index is 13.7. The molecular formula is C31H32N8O3. The van der Waals surface area contributed by atoms with E-state index in [-0.39, 0.29) is 11.2 Å². The van der Waals surface area contributed by atoms with Crippen LogP contribution >= 0.6 is 0 Å². The fourth-order valence-electron chi connectivity index (χ4n) is 5.76. The van der Waals surface area contributed by atoms with E-state index in [2.05, 4.69) is 48.5 Å². The maximum absolute atomic E-state index is 13.7. The average molecular weight is 565 g/mol. The van der Waals surface area contributed by atoms with Gasteiger partial charge in [0.1, 0.15) is 6.04 Å². The molecule has 2 aromatic heterocycles. The number of rotatable bonds is 8. The van der Waals surface area contributed by atoms with Crippen molar-refractivity contribution in [3.8, 4) is 0 Å². The standard InChI is InChI=1S/C31H32N8O3/c1-21-8-9-22(2)28-26(21)20-27(31(40)32-28)29(30-33-34-35-38(30)15-14-23-6-4-3-5-7-23)37-18-16-36(17-19-37)24-10-12-25(13-11-24)39(41)42/h3-13,20,29H,14-19H2,1-2H3,(H,32,40)/t29-/m0/s1. The summed E-state index contributed by atoms with van der Waals surface area (Å²) in [5, 5.41) is 24.9. The van der Waals surface area contributed by atoms with Crippen LogP contribution in [0.3, 0.4) is 0 Å². The Morgan fingerprint density at radius 3 is 2.38 bits per heavy atom. The first-order chi connectivity index (χ1) is 20.4.